The molecule has 162 valence electrons. The van der Waals surface area contributed by atoms with Gasteiger partial charge in [-0.25, -0.2) is 0 Å². The monoisotopic (exact) mass is 408 g/mol. The van der Waals surface area contributed by atoms with E-state index < -0.39 is 0 Å². The molecule has 0 radical (unpaired) electrons. The van der Waals surface area contributed by atoms with Gasteiger partial charge in [-0.2, -0.15) is 0 Å². The van der Waals surface area contributed by atoms with Gasteiger partial charge in [-0.3, -0.25) is 9.59 Å². The summed E-state index contributed by atoms with van der Waals surface area (Å²) >= 11 is 0. The summed E-state index contributed by atoms with van der Waals surface area (Å²) in [6, 6.07) is 21.0. The second-order valence-electron chi connectivity index (χ2n) is 8.19. The average Bonchev–Trinajstić information content (AvgIpc) is 2.75. The molecule has 0 saturated heterocycles. The molecule has 2 N–H and O–H groups in total. The molecule has 0 bridgehead atoms. The smallest absolute Gasteiger partial charge is 0.220 e. The van der Waals surface area contributed by atoms with Crippen molar-refractivity contribution in [3.8, 4) is 0 Å². The highest BCUT2D eigenvalue weighted by Crippen LogP contribution is 2.07. The van der Waals surface area contributed by atoms with Crippen LogP contribution in [0.3, 0.4) is 0 Å². The van der Waals surface area contributed by atoms with E-state index in [0.29, 0.717) is 12.8 Å². The van der Waals surface area contributed by atoms with Crippen molar-refractivity contribution >= 4 is 11.8 Å². The normalized spacial score (nSPS) is 12.7. The van der Waals surface area contributed by atoms with E-state index in [2.05, 4.69) is 34.9 Å². The molecule has 2 atom stereocenters. The quantitative estimate of drug-likeness (QED) is 0.467. The zero-order chi connectivity index (χ0) is 21.6. The topological polar surface area (TPSA) is 58.2 Å². The van der Waals surface area contributed by atoms with Gasteiger partial charge in [0.15, 0.2) is 0 Å². The van der Waals surface area contributed by atoms with E-state index in [4.69, 9.17) is 0 Å². The molecule has 0 unspecified atom stereocenters. The number of aryl methyl sites for hydroxylation is 2. The summed E-state index contributed by atoms with van der Waals surface area (Å²) in [5.74, 6) is 0.152. The third-order valence-electron chi connectivity index (χ3n) is 5.29. The molecular weight excluding hydrogens is 372 g/mol. The van der Waals surface area contributed by atoms with Crippen molar-refractivity contribution < 1.29 is 9.59 Å². The van der Waals surface area contributed by atoms with Crippen molar-refractivity contribution in [3.05, 3.63) is 71.8 Å². The van der Waals surface area contributed by atoms with Gasteiger partial charge in [0.25, 0.3) is 0 Å². The van der Waals surface area contributed by atoms with E-state index in [1.807, 2.05) is 50.2 Å². The summed E-state index contributed by atoms with van der Waals surface area (Å²) in [6.45, 7) is 4.09. The average molecular weight is 409 g/mol. The Labute approximate surface area is 181 Å². The Morgan fingerprint density at radius 1 is 0.667 bits per heavy atom. The van der Waals surface area contributed by atoms with Gasteiger partial charge in [0, 0.05) is 24.9 Å². The van der Waals surface area contributed by atoms with Crippen molar-refractivity contribution in [3.63, 3.8) is 0 Å². The van der Waals surface area contributed by atoms with Crippen LogP contribution in [0.1, 0.15) is 63.5 Å². The Kier molecular flexibility index (Phi) is 10.7. The summed E-state index contributed by atoms with van der Waals surface area (Å²) in [6.07, 6.45) is 6.22. The predicted octanol–water partition coefficient (Wildman–Crippen LogP) is 4.82. The minimum absolute atomic E-state index is 0.0761. The Morgan fingerprint density at radius 2 is 1.03 bits per heavy atom. The summed E-state index contributed by atoms with van der Waals surface area (Å²) in [4.78, 5) is 24.2. The van der Waals surface area contributed by atoms with Crippen LogP contribution in [0.25, 0.3) is 0 Å². The first-order chi connectivity index (χ1) is 14.5. The highest BCUT2D eigenvalue weighted by atomic mass is 16.2. The van der Waals surface area contributed by atoms with Crippen LogP contribution in [0, 0.1) is 0 Å². The minimum Gasteiger partial charge on any atom is -0.354 e. The number of hydrogen-bond donors (Lipinski definition) is 2. The maximum atomic E-state index is 12.1. The molecule has 4 heteroatoms. The van der Waals surface area contributed by atoms with Crippen LogP contribution < -0.4 is 10.6 Å². The molecule has 2 rings (SSSR count). The first-order valence-electron chi connectivity index (χ1n) is 11.2. The van der Waals surface area contributed by atoms with Crippen molar-refractivity contribution in [2.24, 2.45) is 0 Å². The number of hydrogen-bond acceptors (Lipinski definition) is 2. The number of carbonyl (C=O) groups excluding carboxylic acids is 2. The Balaban J connectivity index is 1.51. The molecule has 0 fully saturated rings. The van der Waals surface area contributed by atoms with Crippen molar-refractivity contribution in [1.82, 2.24) is 10.6 Å². The zero-order valence-electron chi connectivity index (χ0n) is 18.4. The minimum atomic E-state index is 0.0761. The number of amides is 2. The van der Waals surface area contributed by atoms with E-state index in [1.54, 1.807) is 0 Å². The first-order valence-corrected chi connectivity index (χ1v) is 11.2. The summed E-state index contributed by atoms with van der Waals surface area (Å²) < 4.78 is 0. The third-order valence-corrected chi connectivity index (χ3v) is 5.29. The molecule has 30 heavy (non-hydrogen) atoms. The standard InChI is InChI=1S/C26H36N2O2/c1-21(17-19-23-11-5-3-6-12-23)27-25(29)15-9-10-16-26(30)28-22(2)18-20-24-13-7-4-8-14-24/h3-8,11-14,21-22H,9-10,15-20H2,1-2H3,(H,27,29)(H,28,30)/t21-,22-/m0/s1. The Hall–Kier alpha value is -2.62. The van der Waals surface area contributed by atoms with Crippen LogP contribution in [0.4, 0.5) is 0 Å². The molecule has 0 spiro atoms. The summed E-state index contributed by atoms with van der Waals surface area (Å²) in [5.41, 5.74) is 2.59. The maximum absolute atomic E-state index is 12.1. The van der Waals surface area contributed by atoms with E-state index in [9.17, 15) is 9.59 Å². The molecule has 4 nitrogen and oxygen atoms in total. The lowest BCUT2D eigenvalue weighted by Gasteiger charge is -2.15. The molecule has 0 aromatic heterocycles. The molecule has 0 aliphatic rings. The number of carbonyl (C=O) groups is 2. The van der Waals surface area contributed by atoms with Gasteiger partial charge in [0.05, 0.1) is 0 Å². The highest BCUT2D eigenvalue weighted by Gasteiger charge is 2.10. The first kappa shape index (κ1) is 23.7. The summed E-state index contributed by atoms with van der Waals surface area (Å²) in [7, 11) is 0. The Bertz CT molecular complexity index is 681. The molecule has 0 aliphatic heterocycles. The molecule has 2 amide bonds. The lowest BCUT2D eigenvalue weighted by molar-refractivity contribution is -0.123. The van der Waals surface area contributed by atoms with E-state index >= 15 is 0 Å². The number of unbranched alkanes of at least 4 members (excludes halogenated alkanes) is 1. The van der Waals surface area contributed by atoms with E-state index in [0.717, 1.165) is 38.5 Å². The summed E-state index contributed by atoms with van der Waals surface area (Å²) in [5, 5.41) is 6.13. The number of nitrogens with one attached hydrogen (secondary N) is 2. The fourth-order valence-corrected chi connectivity index (χ4v) is 3.47. The van der Waals surface area contributed by atoms with Gasteiger partial charge in [0.1, 0.15) is 0 Å². The lowest BCUT2D eigenvalue weighted by Crippen LogP contribution is -2.33. The Morgan fingerprint density at radius 3 is 1.40 bits per heavy atom. The second kappa shape index (κ2) is 13.6. The van der Waals surface area contributed by atoms with Crippen molar-refractivity contribution in [1.29, 1.82) is 0 Å². The van der Waals surface area contributed by atoms with Gasteiger partial charge in [-0.1, -0.05) is 60.7 Å². The lowest BCUT2D eigenvalue weighted by atomic mass is 10.1. The fourth-order valence-electron chi connectivity index (χ4n) is 3.47. The number of rotatable bonds is 13. The van der Waals surface area contributed by atoms with Gasteiger partial charge >= 0.3 is 0 Å². The molecule has 2 aromatic carbocycles. The van der Waals surface area contributed by atoms with Gasteiger partial charge in [0.2, 0.25) is 11.8 Å². The molecule has 0 heterocycles. The van der Waals surface area contributed by atoms with Crippen LogP contribution in [0.5, 0.6) is 0 Å². The largest absolute Gasteiger partial charge is 0.354 e. The third kappa shape index (κ3) is 10.2. The van der Waals surface area contributed by atoms with Crippen molar-refractivity contribution in [2.75, 3.05) is 0 Å². The van der Waals surface area contributed by atoms with Crippen molar-refractivity contribution in [2.45, 2.75) is 77.3 Å². The number of benzene rings is 2. The SMILES string of the molecule is C[C@@H](CCc1ccccc1)NC(=O)CCCCC(=O)N[C@@H](C)CCc1ccccc1. The zero-order valence-corrected chi connectivity index (χ0v) is 18.4. The van der Waals surface area contributed by atoms with E-state index in [-0.39, 0.29) is 23.9 Å². The van der Waals surface area contributed by atoms with Crippen LogP contribution >= 0.6 is 0 Å². The van der Waals surface area contributed by atoms with Crippen LogP contribution in [-0.4, -0.2) is 23.9 Å². The van der Waals surface area contributed by atoms with E-state index in [1.165, 1.54) is 11.1 Å². The van der Waals surface area contributed by atoms with Crippen LogP contribution in [0.2, 0.25) is 0 Å². The molecule has 0 aliphatic carbocycles. The van der Waals surface area contributed by atoms with Crippen LogP contribution in [-0.2, 0) is 22.4 Å². The molecular formula is C26H36N2O2. The molecule has 0 saturated carbocycles. The molecule has 2 aromatic rings. The van der Waals surface area contributed by atoms with Gasteiger partial charge < -0.3 is 10.6 Å². The predicted molar refractivity (Wildman–Crippen MR) is 123 cm³/mol. The van der Waals surface area contributed by atoms with Gasteiger partial charge in [-0.15, -0.1) is 0 Å². The fraction of sp³-hybridized carbons (Fsp3) is 0.462. The maximum Gasteiger partial charge on any atom is 0.220 e. The van der Waals surface area contributed by atoms with Crippen LogP contribution in [0.15, 0.2) is 60.7 Å². The van der Waals surface area contributed by atoms with Gasteiger partial charge in [-0.05, 0) is 63.5 Å². The second-order valence-corrected chi connectivity index (χ2v) is 8.19. The highest BCUT2D eigenvalue weighted by molar-refractivity contribution is 5.77.